The maximum absolute atomic E-state index is 11.3. The summed E-state index contributed by atoms with van der Waals surface area (Å²) < 4.78 is 4.60. The third-order valence-electron chi connectivity index (χ3n) is 1.64. The molecule has 0 atom stereocenters. The van der Waals surface area contributed by atoms with Gasteiger partial charge in [0, 0.05) is 16.6 Å². The second kappa shape index (κ2) is 5.58. The number of methoxy groups -OCH3 is 1. The lowest BCUT2D eigenvalue weighted by atomic mass is 10.2. The largest absolute Gasteiger partial charge is 0.465 e. The molecule has 0 aliphatic heterocycles. The van der Waals surface area contributed by atoms with Crippen molar-refractivity contribution < 1.29 is 9.53 Å². The van der Waals surface area contributed by atoms with Crippen LogP contribution < -0.4 is 0 Å². The van der Waals surface area contributed by atoms with Crippen LogP contribution in [0.1, 0.15) is 10.4 Å². The van der Waals surface area contributed by atoms with Crippen LogP contribution >= 0.6 is 23.8 Å². The number of hydrogen-bond donors (Lipinski definition) is 0. The van der Waals surface area contributed by atoms with Crippen molar-refractivity contribution in [3.63, 3.8) is 0 Å². The Morgan fingerprint density at radius 3 is 2.93 bits per heavy atom. The molecule has 5 heteroatoms. The lowest BCUT2D eigenvalue weighted by molar-refractivity contribution is 0.0602. The van der Waals surface area contributed by atoms with Gasteiger partial charge in [-0.2, -0.15) is 0 Å². The van der Waals surface area contributed by atoms with Gasteiger partial charge in [-0.05, 0) is 18.2 Å². The average molecular weight is 242 g/mol. The van der Waals surface area contributed by atoms with Crippen LogP contribution in [-0.2, 0) is 4.74 Å². The van der Waals surface area contributed by atoms with Crippen molar-refractivity contribution in [3.8, 4) is 0 Å². The highest BCUT2D eigenvalue weighted by molar-refractivity contribution is 7.80. The molecule has 0 radical (unpaired) electrons. The third kappa shape index (κ3) is 3.11. The first kappa shape index (κ1) is 11.8. The second-order valence-electron chi connectivity index (χ2n) is 2.57. The molecule has 0 aromatic heterocycles. The van der Waals surface area contributed by atoms with Gasteiger partial charge in [0.2, 0.25) is 0 Å². The number of nitrogens with zero attached hydrogens (tertiary/aromatic N) is 1. The molecule has 1 aromatic carbocycles. The highest BCUT2D eigenvalue weighted by atomic mass is 35.5. The van der Waals surface area contributed by atoms with Crippen LogP contribution in [-0.4, -0.2) is 24.7 Å². The van der Waals surface area contributed by atoms with Crippen molar-refractivity contribution >= 4 is 47.1 Å². The number of ether oxygens (including phenoxy) is 1. The number of hydrogen-bond acceptors (Lipinski definition) is 4. The van der Waals surface area contributed by atoms with Gasteiger partial charge in [0.05, 0.1) is 18.4 Å². The van der Waals surface area contributed by atoms with Crippen LogP contribution in [0.2, 0.25) is 5.02 Å². The molecule has 0 saturated carbocycles. The summed E-state index contributed by atoms with van der Waals surface area (Å²) in [5.74, 6) is -0.455. The molecule has 1 rings (SSSR count). The zero-order valence-corrected chi connectivity index (χ0v) is 9.51. The molecule has 0 fully saturated rings. The molecular formula is C10H8ClNO2S. The van der Waals surface area contributed by atoms with Crippen molar-refractivity contribution in [2.45, 2.75) is 0 Å². The zero-order chi connectivity index (χ0) is 11.3. The van der Waals surface area contributed by atoms with Crippen LogP contribution in [0.25, 0.3) is 0 Å². The Kier molecular flexibility index (Phi) is 4.39. The lowest BCUT2D eigenvalue weighted by Crippen LogP contribution is -2.01. The Hall–Kier alpha value is -1.26. The van der Waals surface area contributed by atoms with Gasteiger partial charge in [-0.15, -0.1) is 0 Å². The molecule has 0 bridgehead atoms. The van der Waals surface area contributed by atoms with E-state index in [1.54, 1.807) is 18.2 Å². The average Bonchev–Trinajstić information content (AvgIpc) is 2.25. The SMILES string of the molecule is COC(=O)c1ccc(Cl)cc1N=CC=S. The van der Waals surface area contributed by atoms with Crippen LogP contribution in [0.3, 0.4) is 0 Å². The predicted molar refractivity (Wildman–Crippen MR) is 64.6 cm³/mol. The normalized spacial score (nSPS) is 10.3. The molecule has 0 N–H and O–H groups in total. The van der Waals surface area contributed by atoms with Gasteiger partial charge in [0.15, 0.2) is 0 Å². The first-order chi connectivity index (χ1) is 7.19. The number of halogens is 1. The molecule has 0 aliphatic carbocycles. The van der Waals surface area contributed by atoms with Crippen molar-refractivity contribution in [1.82, 2.24) is 0 Å². The van der Waals surface area contributed by atoms with Crippen molar-refractivity contribution in [3.05, 3.63) is 28.8 Å². The topological polar surface area (TPSA) is 38.7 Å². The number of thiocarbonyl (C=S) groups is 1. The van der Waals surface area contributed by atoms with Crippen molar-refractivity contribution in [2.24, 2.45) is 4.99 Å². The Morgan fingerprint density at radius 1 is 1.60 bits per heavy atom. The van der Waals surface area contributed by atoms with E-state index in [4.69, 9.17) is 11.6 Å². The smallest absolute Gasteiger partial charge is 0.340 e. The minimum absolute atomic E-state index is 0.356. The van der Waals surface area contributed by atoms with Gasteiger partial charge < -0.3 is 4.74 Å². The highest BCUT2D eigenvalue weighted by Gasteiger charge is 2.10. The fraction of sp³-hybridized carbons (Fsp3) is 0.100. The molecular weight excluding hydrogens is 234 g/mol. The number of carbonyl (C=O) groups is 1. The van der Waals surface area contributed by atoms with E-state index in [0.29, 0.717) is 16.3 Å². The van der Waals surface area contributed by atoms with Crippen LogP contribution in [0, 0.1) is 0 Å². The molecule has 0 unspecified atom stereocenters. The zero-order valence-electron chi connectivity index (χ0n) is 7.94. The number of carbonyl (C=O) groups excluding carboxylic acids is 1. The van der Waals surface area contributed by atoms with Gasteiger partial charge >= 0.3 is 5.97 Å². The van der Waals surface area contributed by atoms with E-state index in [-0.39, 0.29) is 0 Å². The Morgan fingerprint density at radius 2 is 2.33 bits per heavy atom. The standard InChI is InChI=1S/C10H8ClNO2S/c1-14-10(13)8-3-2-7(11)6-9(8)12-4-5-15/h2-6H,1H3. The fourth-order valence-corrected chi connectivity index (χ4v) is 1.23. The number of aliphatic imine (C=N–C) groups is 1. The summed E-state index contributed by atoms with van der Waals surface area (Å²) in [6.07, 6.45) is 1.41. The summed E-state index contributed by atoms with van der Waals surface area (Å²) in [5.41, 5.74) is 0.797. The maximum atomic E-state index is 11.3. The number of esters is 1. The van der Waals surface area contributed by atoms with E-state index in [1.807, 2.05) is 0 Å². The summed E-state index contributed by atoms with van der Waals surface area (Å²) in [5, 5.41) is 1.85. The molecule has 0 saturated heterocycles. The minimum Gasteiger partial charge on any atom is -0.465 e. The molecule has 0 amide bonds. The predicted octanol–water partition coefficient (Wildman–Crippen LogP) is 2.83. The highest BCUT2D eigenvalue weighted by Crippen LogP contribution is 2.24. The van der Waals surface area contributed by atoms with Gasteiger partial charge in [0.25, 0.3) is 0 Å². The van der Waals surface area contributed by atoms with E-state index in [0.717, 1.165) is 0 Å². The van der Waals surface area contributed by atoms with Crippen molar-refractivity contribution in [2.75, 3.05) is 7.11 Å². The molecule has 1 aromatic rings. The molecule has 78 valence electrons. The summed E-state index contributed by atoms with van der Waals surface area (Å²) in [7, 11) is 1.31. The minimum atomic E-state index is -0.455. The Bertz CT molecular complexity index is 418. The van der Waals surface area contributed by atoms with Gasteiger partial charge in [-0.3, -0.25) is 4.99 Å². The van der Waals surface area contributed by atoms with Crippen molar-refractivity contribution in [1.29, 1.82) is 0 Å². The summed E-state index contributed by atoms with van der Waals surface area (Å²) in [6.45, 7) is 0. The van der Waals surface area contributed by atoms with Gasteiger partial charge in [0.1, 0.15) is 0 Å². The van der Waals surface area contributed by atoms with Crippen LogP contribution in [0.5, 0.6) is 0 Å². The van der Waals surface area contributed by atoms with Gasteiger partial charge in [-0.25, -0.2) is 4.79 Å². The van der Waals surface area contributed by atoms with E-state index in [1.165, 1.54) is 18.7 Å². The van der Waals surface area contributed by atoms with E-state index < -0.39 is 5.97 Å². The monoisotopic (exact) mass is 241 g/mol. The van der Waals surface area contributed by atoms with E-state index >= 15 is 0 Å². The first-order valence-corrected chi connectivity index (χ1v) is 4.89. The maximum Gasteiger partial charge on any atom is 0.340 e. The molecule has 0 spiro atoms. The van der Waals surface area contributed by atoms with Crippen LogP contribution in [0.15, 0.2) is 23.2 Å². The first-order valence-electron chi connectivity index (χ1n) is 4.04. The lowest BCUT2D eigenvalue weighted by Gasteiger charge is -2.03. The Labute approximate surface area is 97.7 Å². The van der Waals surface area contributed by atoms with Gasteiger partial charge in [-0.1, -0.05) is 23.8 Å². The number of benzene rings is 1. The second-order valence-corrected chi connectivity index (χ2v) is 3.28. The van der Waals surface area contributed by atoms with E-state index in [9.17, 15) is 4.79 Å². The Balaban J connectivity index is 3.19. The third-order valence-corrected chi connectivity index (χ3v) is 2.00. The summed E-state index contributed by atoms with van der Waals surface area (Å²) >= 11 is 10.4. The fourth-order valence-electron chi connectivity index (χ4n) is 1.00. The summed E-state index contributed by atoms with van der Waals surface area (Å²) in [4.78, 5) is 15.3. The number of rotatable bonds is 3. The quantitative estimate of drug-likeness (QED) is 0.464. The molecule has 0 aliphatic rings. The van der Waals surface area contributed by atoms with E-state index in [2.05, 4.69) is 21.9 Å². The molecule has 0 heterocycles. The van der Waals surface area contributed by atoms with Crippen LogP contribution in [0.4, 0.5) is 5.69 Å². The molecule has 3 nitrogen and oxygen atoms in total. The molecule has 15 heavy (non-hydrogen) atoms. The summed E-state index contributed by atoms with van der Waals surface area (Å²) in [6, 6.07) is 4.73.